The summed E-state index contributed by atoms with van der Waals surface area (Å²) in [7, 11) is 1.86. The van der Waals surface area contributed by atoms with Crippen LogP contribution in [-0.4, -0.2) is 35.3 Å². The molecule has 0 radical (unpaired) electrons. The highest BCUT2D eigenvalue weighted by molar-refractivity contribution is 6.06. The average Bonchev–Trinajstić information content (AvgIpc) is 2.44. The van der Waals surface area contributed by atoms with Crippen molar-refractivity contribution in [2.24, 2.45) is 0 Å². The van der Waals surface area contributed by atoms with E-state index in [9.17, 15) is 9.90 Å². The van der Waals surface area contributed by atoms with Crippen molar-refractivity contribution in [3.63, 3.8) is 0 Å². The molecule has 0 bridgehead atoms. The number of carbonyl (C=O) groups is 1. The summed E-state index contributed by atoms with van der Waals surface area (Å²) in [6.45, 7) is 6.06. The molecule has 1 aromatic heterocycles. The third-order valence-electron chi connectivity index (χ3n) is 3.67. The Morgan fingerprint density at radius 1 is 1.45 bits per heavy atom. The number of nitrogens with zero attached hydrogens (tertiary/aromatic N) is 1. The van der Waals surface area contributed by atoms with Gasteiger partial charge in [0.15, 0.2) is 0 Å². The number of carboxylic acid groups (broad SMARTS) is 1. The van der Waals surface area contributed by atoms with Gasteiger partial charge in [0, 0.05) is 5.54 Å². The van der Waals surface area contributed by atoms with Crippen LogP contribution in [0.15, 0.2) is 18.2 Å². The standard InChI is InChI=1S/C16H21N3O3/c1-9-12(15(20)21)14(17)13-10(19-9)6-5-7-11(13)22-8-16(2,3)18-4/h5-7,18H,8H2,1-4H3,(H2,17,19)(H,20,21). The van der Waals surface area contributed by atoms with Crippen LogP contribution in [0.25, 0.3) is 10.9 Å². The minimum Gasteiger partial charge on any atom is -0.491 e. The lowest BCUT2D eigenvalue weighted by atomic mass is 10.1. The number of fused-ring (bicyclic) bond motifs is 1. The van der Waals surface area contributed by atoms with Crippen LogP contribution in [0.2, 0.25) is 0 Å². The normalized spacial score (nSPS) is 11.6. The maximum atomic E-state index is 11.4. The molecule has 2 aromatic rings. The number of rotatable bonds is 5. The molecule has 1 aromatic carbocycles. The predicted molar refractivity (Wildman–Crippen MR) is 86.5 cm³/mol. The number of anilines is 1. The van der Waals surface area contributed by atoms with Gasteiger partial charge in [-0.1, -0.05) is 6.07 Å². The van der Waals surface area contributed by atoms with Crippen molar-refractivity contribution in [3.8, 4) is 5.75 Å². The molecule has 0 unspecified atom stereocenters. The molecule has 0 fully saturated rings. The predicted octanol–water partition coefficient (Wildman–Crippen LogP) is 2.20. The molecule has 6 nitrogen and oxygen atoms in total. The summed E-state index contributed by atoms with van der Waals surface area (Å²) in [6, 6.07) is 5.38. The first-order chi connectivity index (χ1) is 10.3. The largest absolute Gasteiger partial charge is 0.491 e. The van der Waals surface area contributed by atoms with Gasteiger partial charge in [-0.15, -0.1) is 0 Å². The number of hydrogen-bond donors (Lipinski definition) is 3. The Bertz CT molecular complexity index is 726. The summed E-state index contributed by atoms with van der Waals surface area (Å²) in [5.41, 5.74) is 7.09. The number of ether oxygens (including phenoxy) is 1. The second-order valence-corrected chi connectivity index (χ2v) is 5.86. The van der Waals surface area contributed by atoms with Crippen LogP contribution in [0, 0.1) is 6.92 Å². The van der Waals surface area contributed by atoms with Gasteiger partial charge in [-0.3, -0.25) is 4.98 Å². The molecular weight excluding hydrogens is 282 g/mol. The number of nitrogens with one attached hydrogen (secondary N) is 1. The van der Waals surface area contributed by atoms with Crippen molar-refractivity contribution >= 4 is 22.6 Å². The van der Waals surface area contributed by atoms with Crippen molar-refractivity contribution < 1.29 is 14.6 Å². The summed E-state index contributed by atoms with van der Waals surface area (Å²) in [6.07, 6.45) is 0. The number of carboxylic acids is 1. The number of aryl methyl sites for hydroxylation is 1. The first-order valence-electron chi connectivity index (χ1n) is 7.00. The lowest BCUT2D eigenvalue weighted by molar-refractivity contribution is 0.0697. The molecule has 0 saturated carbocycles. The summed E-state index contributed by atoms with van der Waals surface area (Å²) in [5, 5.41) is 13.0. The van der Waals surface area contributed by atoms with E-state index in [1.54, 1.807) is 19.1 Å². The summed E-state index contributed by atoms with van der Waals surface area (Å²) in [4.78, 5) is 15.7. The molecule has 22 heavy (non-hydrogen) atoms. The molecule has 0 saturated heterocycles. The second-order valence-electron chi connectivity index (χ2n) is 5.86. The number of hydrogen-bond acceptors (Lipinski definition) is 5. The SMILES string of the molecule is CNC(C)(C)COc1cccc2nc(C)c(C(=O)O)c(N)c12. The molecule has 0 amide bonds. The summed E-state index contributed by atoms with van der Waals surface area (Å²) >= 11 is 0. The zero-order valence-corrected chi connectivity index (χ0v) is 13.2. The van der Waals surface area contributed by atoms with Gasteiger partial charge in [0.25, 0.3) is 0 Å². The zero-order valence-electron chi connectivity index (χ0n) is 13.2. The molecule has 1 heterocycles. The quantitative estimate of drug-likeness (QED) is 0.783. The van der Waals surface area contributed by atoms with Gasteiger partial charge in [-0.25, -0.2) is 4.79 Å². The van der Waals surface area contributed by atoms with Crippen molar-refractivity contribution in [1.29, 1.82) is 0 Å². The molecule has 2 rings (SSSR count). The van der Waals surface area contributed by atoms with E-state index in [2.05, 4.69) is 10.3 Å². The van der Waals surface area contributed by atoms with Crippen molar-refractivity contribution in [2.45, 2.75) is 26.3 Å². The smallest absolute Gasteiger partial charge is 0.339 e. The maximum absolute atomic E-state index is 11.4. The Morgan fingerprint density at radius 2 is 2.14 bits per heavy atom. The Kier molecular flexibility index (Phi) is 4.23. The van der Waals surface area contributed by atoms with Crippen LogP contribution in [-0.2, 0) is 0 Å². The van der Waals surface area contributed by atoms with E-state index in [4.69, 9.17) is 10.5 Å². The van der Waals surface area contributed by atoms with Gasteiger partial charge < -0.3 is 20.9 Å². The second kappa shape index (κ2) is 5.81. The fraction of sp³-hybridized carbons (Fsp3) is 0.375. The highest BCUT2D eigenvalue weighted by Crippen LogP contribution is 2.33. The highest BCUT2D eigenvalue weighted by Gasteiger charge is 2.20. The Balaban J connectivity index is 2.56. The molecule has 0 spiro atoms. The molecule has 0 aliphatic carbocycles. The number of aromatic carboxylic acids is 1. The number of likely N-dealkylation sites (N-methyl/N-ethyl adjacent to an activating group) is 1. The van der Waals surface area contributed by atoms with E-state index in [-0.39, 0.29) is 16.8 Å². The molecule has 0 atom stereocenters. The van der Waals surface area contributed by atoms with Crippen LogP contribution in [0.4, 0.5) is 5.69 Å². The number of nitrogen functional groups attached to an aromatic ring is 1. The maximum Gasteiger partial charge on any atom is 0.339 e. The van der Waals surface area contributed by atoms with Gasteiger partial charge in [0.2, 0.25) is 0 Å². The topological polar surface area (TPSA) is 97.5 Å². The van der Waals surface area contributed by atoms with E-state index in [0.29, 0.717) is 29.0 Å². The third-order valence-corrected chi connectivity index (χ3v) is 3.67. The molecule has 4 N–H and O–H groups in total. The Hall–Kier alpha value is -2.34. The van der Waals surface area contributed by atoms with Gasteiger partial charge in [0.1, 0.15) is 17.9 Å². The van der Waals surface area contributed by atoms with Crippen molar-refractivity contribution in [3.05, 3.63) is 29.5 Å². The lowest BCUT2D eigenvalue weighted by Crippen LogP contribution is -2.42. The van der Waals surface area contributed by atoms with E-state index in [1.165, 1.54) is 0 Å². The highest BCUT2D eigenvalue weighted by atomic mass is 16.5. The molecular formula is C16H21N3O3. The van der Waals surface area contributed by atoms with Crippen LogP contribution >= 0.6 is 0 Å². The van der Waals surface area contributed by atoms with Crippen LogP contribution < -0.4 is 15.8 Å². The minimum atomic E-state index is -1.09. The van der Waals surface area contributed by atoms with Gasteiger partial charge in [-0.05, 0) is 40.0 Å². The van der Waals surface area contributed by atoms with E-state index >= 15 is 0 Å². The molecule has 0 aliphatic heterocycles. The summed E-state index contributed by atoms with van der Waals surface area (Å²) in [5.74, 6) is -0.553. The van der Waals surface area contributed by atoms with E-state index in [0.717, 1.165) is 0 Å². The van der Waals surface area contributed by atoms with E-state index < -0.39 is 5.97 Å². The van der Waals surface area contributed by atoms with Gasteiger partial charge in [0.05, 0.1) is 22.3 Å². The first kappa shape index (κ1) is 16.0. The zero-order chi connectivity index (χ0) is 16.5. The fourth-order valence-electron chi connectivity index (χ4n) is 2.16. The van der Waals surface area contributed by atoms with Gasteiger partial charge in [-0.2, -0.15) is 0 Å². The molecule has 6 heteroatoms. The number of benzene rings is 1. The van der Waals surface area contributed by atoms with E-state index in [1.807, 2.05) is 27.0 Å². The molecule has 0 aliphatic rings. The first-order valence-corrected chi connectivity index (χ1v) is 7.00. The van der Waals surface area contributed by atoms with Crippen LogP contribution in [0.3, 0.4) is 0 Å². The lowest BCUT2D eigenvalue weighted by Gasteiger charge is -2.24. The average molecular weight is 303 g/mol. The molecule has 118 valence electrons. The third kappa shape index (κ3) is 2.96. The van der Waals surface area contributed by atoms with Crippen molar-refractivity contribution in [1.82, 2.24) is 10.3 Å². The Morgan fingerprint density at radius 3 is 2.73 bits per heavy atom. The van der Waals surface area contributed by atoms with Crippen LogP contribution in [0.1, 0.15) is 29.9 Å². The van der Waals surface area contributed by atoms with Crippen molar-refractivity contribution in [2.75, 3.05) is 19.4 Å². The Labute approximate surface area is 129 Å². The number of aromatic nitrogens is 1. The fourth-order valence-corrected chi connectivity index (χ4v) is 2.16. The van der Waals surface area contributed by atoms with Crippen LogP contribution in [0.5, 0.6) is 5.75 Å². The van der Waals surface area contributed by atoms with Gasteiger partial charge >= 0.3 is 5.97 Å². The number of pyridine rings is 1. The monoisotopic (exact) mass is 303 g/mol. The number of nitrogens with two attached hydrogens (primary N) is 1. The summed E-state index contributed by atoms with van der Waals surface area (Å²) < 4.78 is 5.85. The minimum absolute atomic E-state index is 0.0245.